The molecule has 0 N–H and O–H groups in total. The third kappa shape index (κ3) is 29.9. The van der Waals surface area contributed by atoms with Crippen molar-refractivity contribution in [3.63, 3.8) is 0 Å². The van der Waals surface area contributed by atoms with Crippen molar-refractivity contribution in [1.82, 2.24) is 0 Å². The minimum atomic E-state index is -6.56. The highest BCUT2D eigenvalue weighted by atomic mass is 32.2. The minimum absolute atomic E-state index is 0.0273. The van der Waals surface area contributed by atoms with Gasteiger partial charge in [0.2, 0.25) is 6.10 Å². The van der Waals surface area contributed by atoms with Crippen molar-refractivity contribution in [2.45, 2.75) is 230 Å². The highest BCUT2D eigenvalue weighted by molar-refractivity contribution is 7.87. The van der Waals surface area contributed by atoms with Crippen molar-refractivity contribution < 1.29 is 97.0 Å². The maximum absolute atomic E-state index is 15.2. The lowest BCUT2D eigenvalue weighted by molar-refractivity contribution is -0.364. The van der Waals surface area contributed by atoms with Crippen molar-refractivity contribution in [3.8, 4) is 5.75 Å². The molecule has 618 valence electrons. The normalized spacial score (nSPS) is 17.0. The number of ether oxygens (including phenoxy) is 12. The highest BCUT2D eigenvalue weighted by Gasteiger charge is 2.57. The van der Waals surface area contributed by atoms with E-state index >= 15 is 18.0 Å². The van der Waals surface area contributed by atoms with Gasteiger partial charge in [-0.15, -0.1) is 0 Å². The number of benzene rings is 9. The fraction of sp³-hybridized carbons (Fsp3) is 0.394. The van der Waals surface area contributed by atoms with E-state index in [9.17, 15) is 18.0 Å². The third-order valence-corrected chi connectivity index (χ3v) is 20.8. The molecule has 1 aliphatic heterocycles. The summed E-state index contributed by atoms with van der Waals surface area (Å²) in [6.07, 6.45) is -2.73. The zero-order valence-corrected chi connectivity index (χ0v) is 66.8. The monoisotopic (exact) mass is 1610 g/mol. The molecule has 18 nitrogen and oxygen atoms in total. The Kier molecular flexibility index (Phi) is 37.0. The number of alkyl halides is 3. The Labute approximate surface area is 680 Å². The van der Waals surface area contributed by atoms with E-state index in [2.05, 4.69) is 0 Å². The molecule has 116 heavy (non-hydrogen) atoms. The predicted octanol–water partition coefficient (Wildman–Crippen LogP) is 19.6. The van der Waals surface area contributed by atoms with Crippen LogP contribution in [0, 0.1) is 0 Å². The van der Waals surface area contributed by atoms with Crippen LogP contribution in [0.15, 0.2) is 261 Å². The maximum atomic E-state index is 15.2. The zero-order chi connectivity index (χ0) is 81.4. The van der Waals surface area contributed by atoms with Crippen molar-refractivity contribution in [1.29, 1.82) is 0 Å². The van der Waals surface area contributed by atoms with Crippen molar-refractivity contribution in [3.05, 3.63) is 316 Å². The molecule has 1 fully saturated rings. The molecule has 9 aromatic carbocycles. The molecule has 22 heteroatoms. The summed E-state index contributed by atoms with van der Waals surface area (Å²) in [7, 11) is -6.56. The van der Waals surface area contributed by atoms with Gasteiger partial charge in [0.15, 0.2) is 18.7 Å². The van der Waals surface area contributed by atoms with E-state index in [-0.39, 0.29) is 52.9 Å². The smallest absolute Gasteiger partial charge is 0.488 e. The summed E-state index contributed by atoms with van der Waals surface area (Å²) in [5, 5.41) is 0. The molecule has 1 heterocycles. The van der Waals surface area contributed by atoms with Crippen molar-refractivity contribution in [2.24, 2.45) is 0 Å². The number of hydrogen-bond acceptors (Lipinski definition) is 18. The minimum Gasteiger partial charge on any atom is -0.488 e. The van der Waals surface area contributed by atoms with E-state index in [4.69, 9.17) is 61.0 Å². The molecule has 0 aromatic heterocycles. The molecular weight excluding hydrogens is 1510 g/mol. The van der Waals surface area contributed by atoms with Gasteiger partial charge < -0.3 is 56.8 Å². The van der Waals surface area contributed by atoms with Crippen LogP contribution in [0.2, 0.25) is 0 Å². The number of hydrogen-bond donors (Lipinski definition) is 0. The Morgan fingerprint density at radius 1 is 0.431 bits per heavy atom. The van der Waals surface area contributed by atoms with Crippen LogP contribution >= 0.6 is 0 Å². The lowest BCUT2D eigenvalue weighted by Gasteiger charge is -2.46. The van der Waals surface area contributed by atoms with Gasteiger partial charge in [0.1, 0.15) is 55.0 Å². The molecule has 0 unspecified atom stereocenters. The molecule has 0 radical (unpaired) electrons. The van der Waals surface area contributed by atoms with E-state index in [1.807, 2.05) is 109 Å². The zero-order valence-electron chi connectivity index (χ0n) is 66.0. The predicted molar refractivity (Wildman–Crippen MR) is 433 cm³/mol. The third-order valence-electron chi connectivity index (χ3n) is 19.7. The first-order chi connectivity index (χ1) is 56.5. The number of rotatable bonds is 51. The quantitative estimate of drug-likeness (QED) is 0.00868. The SMILES string of the molecule is CC(=O)O[C@H](C(=O)O[C@H](C)CCCCCCCCCCCCCCCc1cccc(OCc2ccccc2)c1C(=O)OCc1ccccc1)[C@@H](OCc1ccccc1)[C@H](OCc1ccccc1)[C@@H](OCc1ccccc1)O[C@@H]1O[C@H](COCc2ccccc2)[C@@H](OCc2ccccc2)[C@H](OCc2ccccc2)[C@H]1OS(=O)(=O)C(F)(F)F. The number of unbranched alkanes of at least 4 members (excludes halogenated alkanes) is 12. The molecule has 10 rings (SSSR count). The van der Waals surface area contributed by atoms with Gasteiger partial charge in [-0.3, -0.25) is 8.98 Å². The fourth-order valence-corrected chi connectivity index (χ4v) is 14.2. The second kappa shape index (κ2) is 48.3. The molecule has 0 saturated carbocycles. The van der Waals surface area contributed by atoms with Gasteiger partial charge in [0.25, 0.3) is 0 Å². The highest BCUT2D eigenvalue weighted by Crippen LogP contribution is 2.38. The summed E-state index contributed by atoms with van der Waals surface area (Å²) in [5.74, 6) is -1.81. The molecule has 9 aromatic rings. The van der Waals surface area contributed by atoms with E-state index < -0.39 is 94.9 Å². The van der Waals surface area contributed by atoms with Crippen LogP contribution in [0.3, 0.4) is 0 Å². The summed E-state index contributed by atoms with van der Waals surface area (Å²) in [6, 6.07) is 78.6. The van der Waals surface area contributed by atoms with Gasteiger partial charge in [0, 0.05) is 6.92 Å². The van der Waals surface area contributed by atoms with E-state index in [1.165, 1.54) is 0 Å². The molecule has 0 aliphatic carbocycles. The molecule has 1 saturated heterocycles. The van der Waals surface area contributed by atoms with Gasteiger partial charge in [0.05, 0.1) is 52.4 Å². The van der Waals surface area contributed by atoms with Crippen LogP contribution in [0.4, 0.5) is 13.2 Å². The fourth-order valence-electron chi connectivity index (χ4n) is 13.6. The first kappa shape index (κ1) is 88.9. The summed E-state index contributed by atoms with van der Waals surface area (Å²) in [4.78, 5) is 42.6. The first-order valence-corrected chi connectivity index (χ1v) is 41.5. The van der Waals surface area contributed by atoms with E-state index in [0.29, 0.717) is 58.6 Å². The number of aryl methyl sites for hydroxylation is 1. The van der Waals surface area contributed by atoms with Gasteiger partial charge in [-0.05, 0) is 88.7 Å². The Bertz CT molecular complexity index is 4370. The second-order valence-corrected chi connectivity index (χ2v) is 30.5. The van der Waals surface area contributed by atoms with Gasteiger partial charge >= 0.3 is 33.5 Å². The standard InChI is InChI=1S/C94H107F3O18S/c1-70(41-22-12-10-8-6-4-3-5-7-9-11-13-39-58-80-59-40-60-81(104-62-73-44-25-15-26-45-73)83(80)90(99)109-67-78-54-35-20-36-55-78)111-91(100)87(112-71(2)98)86(107-65-76-50-31-18-32-51-76)88(108-66-77-52-33-19-34-53-77)92(110-68-79-56-37-21-38-57-79)114-93-89(115-116(101,102)94(95,96)97)85(106-64-75-48-29-17-30-49-75)84(105-63-74-46-27-16-28-47-74)82(113-93)69-103-61-72-42-23-14-24-43-72/h14-21,23-38,40,42-57,59-60,70,82,84-89,92-93H,3-13,22,39,41,58,61-69H2,1-2H3/t70-,82-,84-,85+,86-,87+,88+,89-,92+,93+/m1/s1. The van der Waals surface area contributed by atoms with Gasteiger partial charge in [-0.1, -0.05) is 325 Å². The first-order valence-electron chi connectivity index (χ1n) is 40.1. The van der Waals surface area contributed by atoms with Gasteiger partial charge in [-0.2, -0.15) is 21.6 Å². The van der Waals surface area contributed by atoms with Gasteiger partial charge in [-0.25, -0.2) is 9.59 Å². The Balaban J connectivity index is 0.822. The van der Waals surface area contributed by atoms with Crippen LogP contribution in [-0.2, 0) is 135 Å². The van der Waals surface area contributed by atoms with E-state index in [0.717, 1.165) is 113 Å². The van der Waals surface area contributed by atoms with Crippen LogP contribution in [0.1, 0.15) is 164 Å². The van der Waals surface area contributed by atoms with Crippen LogP contribution in [-0.4, -0.2) is 99.9 Å². The molecule has 1 aliphatic rings. The molecule has 0 spiro atoms. The topological polar surface area (TPSA) is 205 Å². The average Bonchev–Trinajstić information content (AvgIpc) is 0.765. The average molecular weight is 1610 g/mol. The molecular formula is C94H107F3O18S. The van der Waals surface area contributed by atoms with Crippen LogP contribution in [0.25, 0.3) is 0 Å². The Morgan fingerprint density at radius 2 is 0.836 bits per heavy atom. The lowest BCUT2D eigenvalue weighted by Crippen LogP contribution is -2.64. The largest absolute Gasteiger partial charge is 0.523 e. The summed E-state index contributed by atoms with van der Waals surface area (Å²) in [5.41, 5.74) is 1.04. The summed E-state index contributed by atoms with van der Waals surface area (Å²) < 4.78 is 156. The van der Waals surface area contributed by atoms with E-state index in [1.54, 1.807) is 159 Å². The van der Waals surface area contributed by atoms with Crippen LogP contribution in [0.5, 0.6) is 5.75 Å². The molecule has 0 amide bonds. The number of halogens is 3. The van der Waals surface area contributed by atoms with Crippen molar-refractivity contribution in [2.75, 3.05) is 6.61 Å². The second-order valence-electron chi connectivity index (χ2n) is 28.9. The Hall–Kier alpha value is -9.43. The number of carbonyl (C=O) groups is 3. The molecule has 10 atom stereocenters. The number of carbonyl (C=O) groups excluding carboxylic acids is 3. The van der Waals surface area contributed by atoms with Crippen LogP contribution < -0.4 is 4.74 Å². The van der Waals surface area contributed by atoms with Crippen molar-refractivity contribution >= 4 is 28.0 Å². The Morgan fingerprint density at radius 3 is 1.30 bits per heavy atom. The molecule has 0 bridgehead atoms. The summed E-state index contributed by atoms with van der Waals surface area (Å²) >= 11 is 0. The number of esters is 3. The maximum Gasteiger partial charge on any atom is 0.523 e. The summed E-state index contributed by atoms with van der Waals surface area (Å²) in [6.45, 7) is 1.76. The lowest BCUT2D eigenvalue weighted by atomic mass is 9.98.